The zero-order chi connectivity index (χ0) is 21.3. The molecule has 3 atom stereocenters. The molecule has 0 saturated heterocycles. The first-order valence-corrected chi connectivity index (χ1v) is 10.4. The number of aryl methyl sites for hydroxylation is 1. The monoisotopic (exact) mass is 410 g/mol. The number of benzene rings is 1. The average Bonchev–Trinajstić information content (AvgIpc) is 2.97. The van der Waals surface area contributed by atoms with Crippen LogP contribution in [0.2, 0.25) is 0 Å². The Morgan fingerprint density at radius 3 is 2.66 bits per heavy atom. The van der Waals surface area contributed by atoms with Gasteiger partial charge in [0.2, 0.25) is 0 Å². The molecule has 2 aromatic rings. The van der Waals surface area contributed by atoms with Gasteiger partial charge in [-0.2, -0.15) is 13.2 Å². The van der Waals surface area contributed by atoms with E-state index < -0.39 is 17.7 Å². The number of rotatable bonds is 5. The van der Waals surface area contributed by atoms with E-state index >= 15 is 0 Å². The second kappa shape index (κ2) is 8.36. The second-order valence-corrected chi connectivity index (χ2v) is 8.52. The maximum Gasteiger partial charge on any atom is 0.416 e. The highest BCUT2D eigenvalue weighted by Gasteiger charge is 2.34. The molecule has 1 aliphatic carbocycles. The Kier molecular flexibility index (Phi) is 6.24. The second-order valence-electron chi connectivity index (χ2n) is 8.52. The van der Waals surface area contributed by atoms with Crippen LogP contribution in [0.3, 0.4) is 0 Å². The quantitative estimate of drug-likeness (QED) is 0.601. The highest BCUT2D eigenvalue weighted by molar-refractivity contribution is 5.80. The van der Waals surface area contributed by atoms with Crippen LogP contribution < -0.4 is 0 Å². The number of halogens is 3. The van der Waals surface area contributed by atoms with E-state index in [0.717, 1.165) is 31.4 Å². The first kappa shape index (κ1) is 21.7. The Hall–Kier alpha value is -2.05. The van der Waals surface area contributed by atoms with Gasteiger partial charge in [-0.25, -0.2) is 4.98 Å². The number of ether oxygens (including phenoxy) is 1. The summed E-state index contributed by atoms with van der Waals surface area (Å²) >= 11 is 0. The van der Waals surface area contributed by atoms with Gasteiger partial charge in [0.15, 0.2) is 0 Å². The highest BCUT2D eigenvalue weighted by Crippen LogP contribution is 2.36. The van der Waals surface area contributed by atoms with Gasteiger partial charge in [-0.05, 0) is 48.8 Å². The summed E-state index contributed by atoms with van der Waals surface area (Å²) in [7, 11) is 0. The van der Waals surface area contributed by atoms with E-state index in [4.69, 9.17) is 4.74 Å². The number of hydrogen-bond acceptors (Lipinski definition) is 3. The van der Waals surface area contributed by atoms with Crippen molar-refractivity contribution < 1.29 is 22.7 Å². The molecule has 1 fully saturated rings. The van der Waals surface area contributed by atoms with Gasteiger partial charge in [-0.1, -0.05) is 34.1 Å². The molecule has 1 aliphatic rings. The molecule has 0 N–H and O–H groups in total. The number of fused-ring (bicyclic) bond motifs is 1. The van der Waals surface area contributed by atoms with Gasteiger partial charge in [0.25, 0.3) is 0 Å². The number of carbonyl (C=O) groups is 1. The van der Waals surface area contributed by atoms with E-state index in [1.165, 1.54) is 6.07 Å². The SMILES string of the molecule is CCc1nc2ccc(C(F)(F)F)cc2n1CC(=O)O[C@@H]1C[C@H](C)CCC1C(C)C. The summed E-state index contributed by atoms with van der Waals surface area (Å²) in [6, 6.07) is 3.44. The topological polar surface area (TPSA) is 44.1 Å². The number of hydrogen-bond donors (Lipinski definition) is 0. The zero-order valence-corrected chi connectivity index (χ0v) is 17.4. The Morgan fingerprint density at radius 2 is 2.03 bits per heavy atom. The number of carbonyl (C=O) groups excluding carboxylic acids is 1. The van der Waals surface area contributed by atoms with E-state index in [1.807, 2.05) is 6.92 Å². The van der Waals surface area contributed by atoms with Crippen molar-refractivity contribution in [2.45, 2.75) is 72.2 Å². The van der Waals surface area contributed by atoms with Crippen molar-refractivity contribution in [2.75, 3.05) is 0 Å². The lowest BCUT2D eigenvalue weighted by atomic mass is 9.75. The van der Waals surface area contributed by atoms with Crippen LogP contribution in [-0.4, -0.2) is 21.6 Å². The van der Waals surface area contributed by atoms with E-state index in [-0.39, 0.29) is 12.6 Å². The number of imidazole rings is 1. The largest absolute Gasteiger partial charge is 0.461 e. The predicted molar refractivity (Wildman–Crippen MR) is 105 cm³/mol. The minimum absolute atomic E-state index is 0.128. The lowest BCUT2D eigenvalue weighted by Gasteiger charge is -2.36. The predicted octanol–water partition coefficient (Wildman–Crippen LogP) is 5.62. The number of esters is 1. The fourth-order valence-corrected chi connectivity index (χ4v) is 4.38. The third-order valence-corrected chi connectivity index (χ3v) is 6.00. The molecule has 0 amide bonds. The average molecular weight is 410 g/mol. The third kappa shape index (κ3) is 4.75. The fraction of sp³-hybridized carbons (Fsp3) is 0.636. The van der Waals surface area contributed by atoms with Gasteiger partial charge in [0.05, 0.1) is 16.6 Å². The van der Waals surface area contributed by atoms with Crippen LogP contribution >= 0.6 is 0 Å². The Balaban J connectivity index is 1.85. The standard InChI is InChI=1S/C22H29F3N2O2/c1-5-20-26-17-9-7-15(22(23,24)25)11-18(17)27(20)12-21(28)29-19-10-14(4)6-8-16(19)13(2)3/h7,9,11,13-14,16,19H,5-6,8,10,12H2,1-4H3/t14-,16?,19-/m1/s1. The van der Waals surface area contributed by atoms with Crippen molar-refractivity contribution in [2.24, 2.45) is 17.8 Å². The van der Waals surface area contributed by atoms with Crippen LogP contribution in [0.15, 0.2) is 18.2 Å². The summed E-state index contributed by atoms with van der Waals surface area (Å²) in [5.41, 5.74) is 0.0168. The molecule has 0 spiro atoms. The van der Waals surface area contributed by atoms with E-state index in [0.29, 0.717) is 41.0 Å². The van der Waals surface area contributed by atoms with Gasteiger partial charge in [-0.3, -0.25) is 4.79 Å². The molecule has 3 rings (SSSR count). The van der Waals surface area contributed by atoms with Crippen LogP contribution in [0.5, 0.6) is 0 Å². The molecular weight excluding hydrogens is 381 g/mol. The van der Waals surface area contributed by atoms with Crippen molar-refractivity contribution in [3.05, 3.63) is 29.6 Å². The minimum atomic E-state index is -4.45. The molecule has 1 aromatic carbocycles. The summed E-state index contributed by atoms with van der Waals surface area (Å²) in [5, 5.41) is 0. The van der Waals surface area contributed by atoms with Gasteiger partial charge in [-0.15, -0.1) is 0 Å². The molecule has 7 heteroatoms. The number of nitrogens with zero attached hydrogens (tertiary/aromatic N) is 2. The van der Waals surface area contributed by atoms with Crippen molar-refractivity contribution in [3.8, 4) is 0 Å². The molecule has 0 radical (unpaired) electrons. The molecule has 1 unspecified atom stereocenters. The van der Waals surface area contributed by atoms with Gasteiger partial charge in [0.1, 0.15) is 18.5 Å². The van der Waals surface area contributed by atoms with Crippen LogP contribution in [0, 0.1) is 17.8 Å². The summed E-state index contributed by atoms with van der Waals surface area (Å²) in [5.74, 6) is 1.39. The summed E-state index contributed by atoms with van der Waals surface area (Å²) in [6.45, 7) is 8.17. The fourth-order valence-electron chi connectivity index (χ4n) is 4.38. The van der Waals surface area contributed by atoms with Crippen molar-refractivity contribution >= 4 is 17.0 Å². The van der Waals surface area contributed by atoms with Gasteiger partial charge >= 0.3 is 12.1 Å². The van der Waals surface area contributed by atoms with Crippen LogP contribution in [0.25, 0.3) is 11.0 Å². The molecule has 1 saturated carbocycles. The maximum absolute atomic E-state index is 13.1. The van der Waals surface area contributed by atoms with E-state index in [2.05, 4.69) is 25.8 Å². The molecule has 29 heavy (non-hydrogen) atoms. The highest BCUT2D eigenvalue weighted by atomic mass is 19.4. The van der Waals surface area contributed by atoms with Gasteiger partial charge < -0.3 is 9.30 Å². The maximum atomic E-state index is 13.1. The first-order chi connectivity index (χ1) is 13.6. The molecule has 0 bridgehead atoms. The summed E-state index contributed by atoms with van der Waals surface area (Å²) in [4.78, 5) is 17.2. The van der Waals surface area contributed by atoms with E-state index in [1.54, 1.807) is 4.57 Å². The summed E-state index contributed by atoms with van der Waals surface area (Å²) < 4.78 is 46.8. The molecule has 0 aliphatic heterocycles. The molecule has 160 valence electrons. The molecule has 4 nitrogen and oxygen atoms in total. The van der Waals surface area contributed by atoms with Crippen LogP contribution in [-0.2, 0) is 28.7 Å². The van der Waals surface area contributed by atoms with Crippen molar-refractivity contribution in [1.29, 1.82) is 0 Å². The Labute approximate surface area is 169 Å². The minimum Gasteiger partial charge on any atom is -0.461 e. The number of alkyl halides is 3. The molecular formula is C22H29F3N2O2. The molecule has 1 heterocycles. The van der Waals surface area contributed by atoms with Crippen molar-refractivity contribution in [3.63, 3.8) is 0 Å². The first-order valence-electron chi connectivity index (χ1n) is 10.4. The third-order valence-electron chi connectivity index (χ3n) is 6.00. The van der Waals surface area contributed by atoms with Crippen LogP contribution in [0.1, 0.15) is 58.3 Å². The summed E-state index contributed by atoms with van der Waals surface area (Å²) in [6.07, 6.45) is -1.09. The van der Waals surface area contributed by atoms with Crippen molar-refractivity contribution in [1.82, 2.24) is 9.55 Å². The Bertz CT molecular complexity index is 873. The lowest BCUT2D eigenvalue weighted by molar-refractivity contribution is -0.156. The smallest absolute Gasteiger partial charge is 0.416 e. The number of aromatic nitrogens is 2. The molecule has 1 aromatic heterocycles. The van der Waals surface area contributed by atoms with E-state index in [9.17, 15) is 18.0 Å². The zero-order valence-electron chi connectivity index (χ0n) is 17.4. The Morgan fingerprint density at radius 1 is 1.31 bits per heavy atom. The lowest BCUT2D eigenvalue weighted by Crippen LogP contribution is -2.36. The van der Waals surface area contributed by atoms with Gasteiger partial charge in [0, 0.05) is 6.42 Å². The normalized spacial score (nSPS) is 23.0. The van der Waals surface area contributed by atoms with Crippen LogP contribution in [0.4, 0.5) is 13.2 Å².